The van der Waals surface area contributed by atoms with E-state index in [4.69, 9.17) is 0 Å². The van der Waals surface area contributed by atoms with Crippen LogP contribution in [0, 0.1) is 5.92 Å². The minimum Gasteiger partial charge on any atom is -0.296 e. The zero-order valence-electron chi connectivity index (χ0n) is 5.56. The van der Waals surface area contributed by atoms with Gasteiger partial charge in [0.1, 0.15) is 0 Å². The molecule has 0 aromatic rings. The van der Waals surface area contributed by atoms with Gasteiger partial charge < -0.3 is 0 Å². The van der Waals surface area contributed by atoms with Crippen LogP contribution in [0.5, 0.6) is 0 Å². The van der Waals surface area contributed by atoms with Crippen molar-refractivity contribution in [2.75, 3.05) is 0 Å². The Labute approximate surface area is 54.3 Å². The molecule has 1 saturated carbocycles. The molecule has 1 rings (SSSR count). The SMILES string of the molecule is CC1CCC(=O)C(F)C1. The van der Waals surface area contributed by atoms with E-state index in [1.165, 1.54) is 0 Å². The second kappa shape index (κ2) is 2.46. The molecule has 2 atom stereocenters. The Hall–Kier alpha value is -0.400. The average molecular weight is 130 g/mol. The molecule has 1 fully saturated rings. The number of rotatable bonds is 0. The lowest BCUT2D eigenvalue weighted by Crippen LogP contribution is -2.24. The summed E-state index contributed by atoms with van der Waals surface area (Å²) in [5, 5.41) is 0. The van der Waals surface area contributed by atoms with Crippen LogP contribution in [-0.4, -0.2) is 12.0 Å². The van der Waals surface area contributed by atoms with Gasteiger partial charge in [-0.15, -0.1) is 0 Å². The molecule has 0 bridgehead atoms. The maximum Gasteiger partial charge on any atom is 0.166 e. The summed E-state index contributed by atoms with van der Waals surface area (Å²) in [5.41, 5.74) is 0. The highest BCUT2D eigenvalue weighted by Crippen LogP contribution is 2.22. The number of alkyl halides is 1. The maximum atomic E-state index is 12.5. The maximum absolute atomic E-state index is 12.5. The fourth-order valence-corrected chi connectivity index (χ4v) is 1.15. The molecule has 9 heavy (non-hydrogen) atoms. The third-order valence-electron chi connectivity index (χ3n) is 1.84. The van der Waals surface area contributed by atoms with Gasteiger partial charge in [0.15, 0.2) is 12.0 Å². The van der Waals surface area contributed by atoms with Gasteiger partial charge in [-0.1, -0.05) is 6.92 Å². The van der Waals surface area contributed by atoms with Crippen molar-refractivity contribution in [3.8, 4) is 0 Å². The van der Waals surface area contributed by atoms with Crippen molar-refractivity contribution in [1.29, 1.82) is 0 Å². The highest BCUT2D eigenvalue weighted by Gasteiger charge is 2.25. The predicted molar refractivity (Wildman–Crippen MR) is 32.9 cm³/mol. The molecule has 0 radical (unpaired) electrons. The molecule has 0 amide bonds. The van der Waals surface area contributed by atoms with E-state index in [9.17, 15) is 9.18 Å². The van der Waals surface area contributed by atoms with Gasteiger partial charge in [0, 0.05) is 6.42 Å². The monoisotopic (exact) mass is 130 g/mol. The number of hydrogen-bond acceptors (Lipinski definition) is 1. The zero-order chi connectivity index (χ0) is 6.85. The van der Waals surface area contributed by atoms with E-state index in [1.54, 1.807) is 0 Å². The van der Waals surface area contributed by atoms with Crippen LogP contribution in [0.1, 0.15) is 26.2 Å². The molecule has 0 saturated heterocycles. The molecular formula is C7H11FO. The molecule has 2 unspecified atom stereocenters. The molecular weight excluding hydrogens is 119 g/mol. The summed E-state index contributed by atoms with van der Waals surface area (Å²) in [5.74, 6) is 0.200. The third-order valence-corrected chi connectivity index (χ3v) is 1.84. The Morgan fingerprint density at radius 2 is 2.33 bits per heavy atom. The molecule has 0 heterocycles. The minimum absolute atomic E-state index is 0.201. The van der Waals surface area contributed by atoms with Crippen LogP contribution in [0.15, 0.2) is 0 Å². The smallest absolute Gasteiger partial charge is 0.166 e. The normalized spacial score (nSPS) is 36.9. The largest absolute Gasteiger partial charge is 0.296 e. The standard InChI is InChI=1S/C7H11FO/c1-5-2-3-7(9)6(8)4-5/h5-6H,2-4H2,1H3. The predicted octanol–water partition coefficient (Wildman–Crippen LogP) is 1.71. The molecule has 52 valence electrons. The molecule has 1 nitrogen and oxygen atoms in total. The zero-order valence-corrected chi connectivity index (χ0v) is 5.56. The molecule has 0 aromatic heterocycles. The number of halogens is 1. The van der Waals surface area contributed by atoms with Crippen molar-refractivity contribution < 1.29 is 9.18 Å². The third kappa shape index (κ3) is 1.50. The van der Waals surface area contributed by atoms with Gasteiger partial charge >= 0.3 is 0 Å². The number of hydrogen-bond donors (Lipinski definition) is 0. The fraction of sp³-hybridized carbons (Fsp3) is 0.857. The van der Waals surface area contributed by atoms with Crippen molar-refractivity contribution in [1.82, 2.24) is 0 Å². The topological polar surface area (TPSA) is 17.1 Å². The Morgan fingerprint density at radius 1 is 1.67 bits per heavy atom. The minimum atomic E-state index is -1.16. The van der Waals surface area contributed by atoms with Crippen molar-refractivity contribution in [3.63, 3.8) is 0 Å². The van der Waals surface area contributed by atoms with Crippen LogP contribution >= 0.6 is 0 Å². The summed E-state index contributed by atoms with van der Waals surface area (Å²) in [6.07, 6.45) is 0.606. The average Bonchev–Trinajstić information content (AvgIpc) is 1.80. The second-order valence-corrected chi connectivity index (χ2v) is 2.81. The molecule has 1 aliphatic carbocycles. The van der Waals surface area contributed by atoms with E-state index in [-0.39, 0.29) is 5.78 Å². The van der Waals surface area contributed by atoms with Crippen molar-refractivity contribution in [3.05, 3.63) is 0 Å². The van der Waals surface area contributed by atoms with Crippen LogP contribution in [-0.2, 0) is 4.79 Å². The first-order valence-electron chi connectivity index (χ1n) is 3.37. The second-order valence-electron chi connectivity index (χ2n) is 2.81. The summed E-state index contributed by atoms with van der Waals surface area (Å²) < 4.78 is 12.5. The van der Waals surface area contributed by atoms with E-state index in [1.807, 2.05) is 6.92 Å². The van der Waals surface area contributed by atoms with Crippen LogP contribution < -0.4 is 0 Å². The number of ketones is 1. The summed E-state index contributed by atoms with van der Waals surface area (Å²) in [7, 11) is 0. The van der Waals surface area contributed by atoms with Gasteiger partial charge in [-0.05, 0) is 18.8 Å². The van der Waals surface area contributed by atoms with Crippen LogP contribution in [0.4, 0.5) is 4.39 Å². The van der Waals surface area contributed by atoms with Crippen LogP contribution in [0.3, 0.4) is 0 Å². The van der Waals surface area contributed by atoms with E-state index in [0.29, 0.717) is 18.8 Å². The fourth-order valence-electron chi connectivity index (χ4n) is 1.15. The van der Waals surface area contributed by atoms with Gasteiger partial charge in [-0.3, -0.25) is 4.79 Å². The lowest BCUT2D eigenvalue weighted by Gasteiger charge is -2.19. The van der Waals surface area contributed by atoms with E-state index >= 15 is 0 Å². The van der Waals surface area contributed by atoms with Crippen LogP contribution in [0.2, 0.25) is 0 Å². The highest BCUT2D eigenvalue weighted by atomic mass is 19.1. The van der Waals surface area contributed by atoms with Crippen LogP contribution in [0.25, 0.3) is 0 Å². The van der Waals surface area contributed by atoms with E-state index in [0.717, 1.165) is 6.42 Å². The number of Topliss-reactive ketones (excluding diaryl/α,β-unsaturated/α-hetero) is 1. The Balaban J connectivity index is 2.44. The summed E-state index contributed by atoms with van der Waals surface area (Å²) in [6, 6.07) is 0. The van der Waals surface area contributed by atoms with Gasteiger partial charge in [0.05, 0.1) is 0 Å². The van der Waals surface area contributed by atoms with Gasteiger partial charge in [-0.25, -0.2) is 4.39 Å². The van der Waals surface area contributed by atoms with Gasteiger partial charge in [-0.2, -0.15) is 0 Å². The Bertz CT molecular complexity index is 122. The molecule has 0 aliphatic heterocycles. The number of carbonyl (C=O) groups excluding carboxylic acids is 1. The first kappa shape index (κ1) is 6.72. The van der Waals surface area contributed by atoms with Crippen molar-refractivity contribution in [2.24, 2.45) is 5.92 Å². The lowest BCUT2D eigenvalue weighted by molar-refractivity contribution is -0.126. The van der Waals surface area contributed by atoms with Gasteiger partial charge in [0.2, 0.25) is 0 Å². The number of carbonyl (C=O) groups is 1. The Morgan fingerprint density at radius 3 is 2.78 bits per heavy atom. The van der Waals surface area contributed by atoms with E-state index < -0.39 is 6.17 Å². The quantitative estimate of drug-likeness (QED) is 0.488. The molecule has 0 spiro atoms. The van der Waals surface area contributed by atoms with E-state index in [2.05, 4.69) is 0 Å². The van der Waals surface area contributed by atoms with Gasteiger partial charge in [0.25, 0.3) is 0 Å². The summed E-state index contributed by atoms with van der Waals surface area (Å²) in [6.45, 7) is 1.99. The Kier molecular flexibility index (Phi) is 1.84. The first-order valence-corrected chi connectivity index (χ1v) is 3.37. The summed E-state index contributed by atoms with van der Waals surface area (Å²) in [4.78, 5) is 10.6. The first-order chi connectivity index (χ1) is 4.20. The molecule has 2 heteroatoms. The molecule has 0 aromatic carbocycles. The lowest BCUT2D eigenvalue weighted by atomic mass is 9.89. The van der Waals surface area contributed by atoms with Crippen molar-refractivity contribution in [2.45, 2.75) is 32.4 Å². The molecule has 0 N–H and O–H groups in total. The van der Waals surface area contributed by atoms with Crippen molar-refractivity contribution >= 4 is 5.78 Å². The highest BCUT2D eigenvalue weighted by molar-refractivity contribution is 5.83. The molecule has 1 aliphatic rings. The summed E-state index contributed by atoms with van der Waals surface area (Å²) >= 11 is 0.